The third-order valence-corrected chi connectivity index (χ3v) is 4.44. The molecule has 0 amide bonds. The summed E-state index contributed by atoms with van der Waals surface area (Å²) in [6.45, 7) is 10.8. The largest absolute Gasteiger partial charge is 0.494 e. The third kappa shape index (κ3) is 12.8. The second-order valence-electron chi connectivity index (χ2n) is 8.47. The summed E-state index contributed by atoms with van der Waals surface area (Å²) in [4.78, 5) is 0. The Labute approximate surface area is 156 Å². The van der Waals surface area contributed by atoms with E-state index >= 15 is 0 Å². The molecule has 0 aliphatic heterocycles. The maximum Gasteiger partial charge on any atom is 0.119 e. The first-order valence-electron chi connectivity index (χ1n) is 10.5. The summed E-state index contributed by atoms with van der Waals surface area (Å²) in [5, 5.41) is 3.47. The van der Waals surface area contributed by atoms with Crippen molar-refractivity contribution in [2.75, 3.05) is 18.5 Å². The Morgan fingerprint density at radius 3 is 1.80 bits per heavy atom. The molecular formula is C23H41NO. The van der Waals surface area contributed by atoms with Crippen molar-refractivity contribution < 1.29 is 4.74 Å². The number of hydrogen-bond donors (Lipinski definition) is 1. The van der Waals surface area contributed by atoms with Crippen LogP contribution < -0.4 is 10.1 Å². The number of unbranched alkanes of at least 4 members (excludes halogenated alkanes) is 9. The topological polar surface area (TPSA) is 21.3 Å². The Bertz CT molecular complexity index is 419. The average Bonchev–Trinajstić information content (AvgIpc) is 2.58. The lowest BCUT2D eigenvalue weighted by Gasteiger charge is -2.19. The molecule has 2 nitrogen and oxygen atoms in total. The Balaban J connectivity index is 1.99. The number of ether oxygens (including phenoxy) is 1. The molecule has 1 rings (SSSR count). The monoisotopic (exact) mass is 347 g/mol. The minimum absolute atomic E-state index is 0.296. The summed E-state index contributed by atoms with van der Waals surface area (Å²) >= 11 is 0. The maximum atomic E-state index is 5.85. The molecule has 0 bridgehead atoms. The number of anilines is 1. The molecule has 0 aliphatic rings. The summed E-state index contributed by atoms with van der Waals surface area (Å²) in [5.74, 6) is 0.984. The molecule has 2 heteroatoms. The standard InChI is InChI=1S/C23H41NO/c1-5-6-7-8-9-10-11-12-13-14-19-25-22-17-15-21(16-18-22)24-20-23(2,3)4/h15-18,24H,5-14,19-20H2,1-4H3. The van der Waals surface area contributed by atoms with E-state index in [1.54, 1.807) is 0 Å². The molecule has 0 fully saturated rings. The van der Waals surface area contributed by atoms with Crippen LogP contribution in [0.3, 0.4) is 0 Å². The molecule has 0 spiro atoms. The molecule has 144 valence electrons. The van der Waals surface area contributed by atoms with Crippen LogP contribution >= 0.6 is 0 Å². The molecule has 0 aromatic heterocycles. The number of nitrogens with one attached hydrogen (secondary N) is 1. The van der Waals surface area contributed by atoms with Crippen molar-refractivity contribution in [1.29, 1.82) is 0 Å². The zero-order chi connectivity index (χ0) is 18.4. The first kappa shape index (κ1) is 21.9. The molecule has 0 atom stereocenters. The van der Waals surface area contributed by atoms with E-state index in [1.807, 2.05) is 0 Å². The molecule has 0 saturated carbocycles. The fourth-order valence-corrected chi connectivity index (χ4v) is 2.82. The quantitative estimate of drug-likeness (QED) is 0.353. The Morgan fingerprint density at radius 2 is 1.28 bits per heavy atom. The smallest absolute Gasteiger partial charge is 0.119 e. The van der Waals surface area contributed by atoms with E-state index < -0.39 is 0 Å². The molecule has 1 aromatic carbocycles. The van der Waals surface area contributed by atoms with Gasteiger partial charge in [-0.2, -0.15) is 0 Å². The fraction of sp³-hybridized carbons (Fsp3) is 0.739. The Hall–Kier alpha value is -1.18. The fourth-order valence-electron chi connectivity index (χ4n) is 2.82. The van der Waals surface area contributed by atoms with E-state index in [1.165, 1.54) is 69.9 Å². The minimum Gasteiger partial charge on any atom is -0.494 e. The van der Waals surface area contributed by atoms with Gasteiger partial charge in [-0.15, -0.1) is 0 Å². The van der Waals surface area contributed by atoms with E-state index in [2.05, 4.69) is 57.3 Å². The van der Waals surface area contributed by atoms with Crippen molar-refractivity contribution in [3.05, 3.63) is 24.3 Å². The van der Waals surface area contributed by atoms with Crippen LogP contribution in [-0.2, 0) is 0 Å². The van der Waals surface area contributed by atoms with E-state index in [0.29, 0.717) is 5.41 Å². The van der Waals surface area contributed by atoms with Gasteiger partial charge < -0.3 is 10.1 Å². The van der Waals surface area contributed by atoms with Gasteiger partial charge in [-0.25, -0.2) is 0 Å². The van der Waals surface area contributed by atoms with Crippen molar-refractivity contribution in [3.8, 4) is 5.75 Å². The molecule has 0 unspecified atom stereocenters. The minimum atomic E-state index is 0.296. The summed E-state index contributed by atoms with van der Waals surface area (Å²) in [6.07, 6.45) is 13.6. The first-order chi connectivity index (χ1) is 12.0. The van der Waals surface area contributed by atoms with Gasteiger partial charge in [0.15, 0.2) is 0 Å². The van der Waals surface area contributed by atoms with Gasteiger partial charge in [0.2, 0.25) is 0 Å². The maximum absolute atomic E-state index is 5.85. The number of benzene rings is 1. The highest BCUT2D eigenvalue weighted by molar-refractivity contribution is 5.46. The predicted octanol–water partition coefficient (Wildman–Crippen LogP) is 7.44. The summed E-state index contributed by atoms with van der Waals surface area (Å²) in [6, 6.07) is 8.36. The van der Waals surface area contributed by atoms with Gasteiger partial charge in [0.1, 0.15) is 5.75 Å². The van der Waals surface area contributed by atoms with Gasteiger partial charge >= 0.3 is 0 Å². The Morgan fingerprint density at radius 1 is 0.760 bits per heavy atom. The lowest BCUT2D eigenvalue weighted by molar-refractivity contribution is 0.304. The number of rotatable bonds is 14. The van der Waals surface area contributed by atoms with Gasteiger partial charge in [-0.1, -0.05) is 85.5 Å². The van der Waals surface area contributed by atoms with Crippen LogP contribution in [0.1, 0.15) is 91.9 Å². The summed E-state index contributed by atoms with van der Waals surface area (Å²) in [5.41, 5.74) is 1.46. The van der Waals surface area contributed by atoms with Crippen molar-refractivity contribution in [1.82, 2.24) is 0 Å². The van der Waals surface area contributed by atoms with E-state index in [0.717, 1.165) is 18.9 Å². The molecule has 1 N–H and O–H groups in total. The SMILES string of the molecule is CCCCCCCCCCCCOc1ccc(NCC(C)(C)C)cc1. The normalized spacial score (nSPS) is 11.5. The molecule has 0 radical (unpaired) electrons. The van der Waals surface area contributed by atoms with Gasteiger partial charge in [-0.3, -0.25) is 0 Å². The van der Waals surface area contributed by atoms with Gasteiger partial charge in [-0.05, 0) is 36.1 Å². The van der Waals surface area contributed by atoms with Crippen molar-refractivity contribution in [2.24, 2.45) is 5.41 Å². The van der Waals surface area contributed by atoms with E-state index in [-0.39, 0.29) is 0 Å². The zero-order valence-corrected chi connectivity index (χ0v) is 17.2. The van der Waals surface area contributed by atoms with Gasteiger partial charge in [0.25, 0.3) is 0 Å². The second-order valence-corrected chi connectivity index (χ2v) is 8.47. The molecule has 0 heterocycles. The van der Waals surface area contributed by atoms with Gasteiger partial charge in [0, 0.05) is 12.2 Å². The van der Waals surface area contributed by atoms with Gasteiger partial charge in [0.05, 0.1) is 6.61 Å². The van der Waals surface area contributed by atoms with Crippen LogP contribution in [0, 0.1) is 5.41 Å². The highest BCUT2D eigenvalue weighted by Crippen LogP contribution is 2.19. The van der Waals surface area contributed by atoms with Crippen LogP contribution in [0.25, 0.3) is 0 Å². The average molecular weight is 348 g/mol. The van der Waals surface area contributed by atoms with Crippen molar-refractivity contribution in [3.63, 3.8) is 0 Å². The van der Waals surface area contributed by atoms with Crippen molar-refractivity contribution in [2.45, 2.75) is 91.9 Å². The first-order valence-corrected chi connectivity index (χ1v) is 10.5. The second kappa shape index (κ2) is 13.1. The van der Waals surface area contributed by atoms with Crippen LogP contribution in [0.5, 0.6) is 5.75 Å². The van der Waals surface area contributed by atoms with Crippen LogP contribution in [0.4, 0.5) is 5.69 Å². The highest BCUT2D eigenvalue weighted by Gasteiger charge is 2.09. The Kier molecular flexibility index (Phi) is 11.4. The lowest BCUT2D eigenvalue weighted by atomic mass is 9.97. The van der Waals surface area contributed by atoms with Crippen molar-refractivity contribution >= 4 is 5.69 Å². The summed E-state index contributed by atoms with van der Waals surface area (Å²) in [7, 11) is 0. The molecule has 0 aliphatic carbocycles. The summed E-state index contributed by atoms with van der Waals surface area (Å²) < 4.78 is 5.85. The zero-order valence-electron chi connectivity index (χ0n) is 17.2. The number of hydrogen-bond acceptors (Lipinski definition) is 2. The van der Waals surface area contributed by atoms with Crippen LogP contribution in [-0.4, -0.2) is 13.2 Å². The van der Waals surface area contributed by atoms with Crippen LogP contribution in [0.15, 0.2) is 24.3 Å². The molecule has 0 saturated heterocycles. The van der Waals surface area contributed by atoms with Crippen LogP contribution in [0.2, 0.25) is 0 Å². The predicted molar refractivity (Wildman–Crippen MR) is 112 cm³/mol. The molecular weight excluding hydrogens is 306 g/mol. The molecule has 25 heavy (non-hydrogen) atoms. The van der Waals surface area contributed by atoms with E-state index in [9.17, 15) is 0 Å². The lowest BCUT2D eigenvalue weighted by Crippen LogP contribution is -2.18. The molecule has 1 aromatic rings. The third-order valence-electron chi connectivity index (χ3n) is 4.44. The highest BCUT2D eigenvalue weighted by atomic mass is 16.5. The van der Waals surface area contributed by atoms with E-state index in [4.69, 9.17) is 4.74 Å².